The maximum absolute atomic E-state index is 12.9. The molecule has 0 spiro atoms. The Kier molecular flexibility index (Phi) is 7.19. The van der Waals surface area contributed by atoms with E-state index in [1.165, 1.54) is 25.6 Å². The average molecular weight is 441 g/mol. The molecule has 8 nitrogen and oxygen atoms in total. The van der Waals surface area contributed by atoms with Crippen LogP contribution in [0.1, 0.15) is 24.2 Å². The third kappa shape index (κ3) is 5.58. The number of carbonyl (C=O) groups excluding carboxylic acids is 2. The Morgan fingerprint density at radius 2 is 1.61 bits per heavy atom. The van der Waals surface area contributed by atoms with Gasteiger partial charge in [-0.15, -0.1) is 10.2 Å². The molecule has 1 heterocycles. The number of aromatic nitrogens is 2. The molecule has 9 heteroatoms. The van der Waals surface area contributed by atoms with Gasteiger partial charge in [0.1, 0.15) is 22.5 Å². The first kappa shape index (κ1) is 22.2. The zero-order valence-electron chi connectivity index (χ0n) is 17.7. The van der Waals surface area contributed by atoms with E-state index in [1.54, 1.807) is 18.2 Å². The van der Waals surface area contributed by atoms with E-state index in [9.17, 15) is 9.59 Å². The number of ether oxygens (including phenoxy) is 2. The van der Waals surface area contributed by atoms with Gasteiger partial charge in [-0.05, 0) is 18.1 Å². The standard InChI is InChI=1S/C22H24N4O4S/c1-13(2)18(23-19(27)15-10-16(29-3)12-17(11-15)30-4)20(28)24-22-26-25-21(31-22)14-8-6-5-7-9-14/h5-13,18H,1-4H3,(H,23,27)(H,24,26,28)/t18-/m0/s1. The zero-order chi connectivity index (χ0) is 22.4. The SMILES string of the molecule is COc1cc(OC)cc(C(=O)N[C@H](C(=O)Nc2nnc(-c3ccccc3)s2)C(C)C)c1. The third-order valence-electron chi connectivity index (χ3n) is 4.53. The number of hydrogen-bond acceptors (Lipinski definition) is 7. The zero-order valence-corrected chi connectivity index (χ0v) is 18.5. The van der Waals surface area contributed by atoms with E-state index in [1.807, 2.05) is 44.2 Å². The summed E-state index contributed by atoms with van der Waals surface area (Å²) < 4.78 is 10.4. The van der Waals surface area contributed by atoms with Gasteiger partial charge in [-0.1, -0.05) is 55.5 Å². The number of carbonyl (C=O) groups is 2. The molecule has 0 radical (unpaired) electrons. The number of amides is 2. The number of nitrogens with one attached hydrogen (secondary N) is 2. The normalized spacial score (nSPS) is 11.6. The maximum atomic E-state index is 12.9. The smallest absolute Gasteiger partial charge is 0.252 e. The van der Waals surface area contributed by atoms with Crippen LogP contribution in [0, 0.1) is 5.92 Å². The molecule has 0 fully saturated rings. The van der Waals surface area contributed by atoms with Crippen molar-refractivity contribution >= 4 is 28.3 Å². The maximum Gasteiger partial charge on any atom is 0.252 e. The number of hydrogen-bond donors (Lipinski definition) is 2. The summed E-state index contributed by atoms with van der Waals surface area (Å²) in [5, 5.41) is 14.8. The fourth-order valence-electron chi connectivity index (χ4n) is 2.85. The molecule has 0 saturated heterocycles. The van der Waals surface area contributed by atoms with Crippen LogP contribution in [0.4, 0.5) is 5.13 Å². The first-order chi connectivity index (χ1) is 14.9. The molecular weight excluding hydrogens is 416 g/mol. The highest BCUT2D eigenvalue weighted by Gasteiger charge is 2.26. The van der Waals surface area contributed by atoms with Crippen molar-refractivity contribution in [3.8, 4) is 22.1 Å². The summed E-state index contributed by atoms with van der Waals surface area (Å²) >= 11 is 1.27. The predicted molar refractivity (Wildman–Crippen MR) is 120 cm³/mol. The lowest BCUT2D eigenvalue weighted by atomic mass is 10.0. The van der Waals surface area contributed by atoms with Crippen molar-refractivity contribution in [1.29, 1.82) is 0 Å². The van der Waals surface area contributed by atoms with Crippen LogP contribution >= 0.6 is 11.3 Å². The Hall–Kier alpha value is -3.46. The minimum absolute atomic E-state index is 0.155. The monoisotopic (exact) mass is 440 g/mol. The van der Waals surface area contributed by atoms with Gasteiger partial charge in [0.05, 0.1) is 14.2 Å². The highest BCUT2D eigenvalue weighted by Crippen LogP contribution is 2.26. The van der Waals surface area contributed by atoms with Gasteiger partial charge < -0.3 is 14.8 Å². The minimum Gasteiger partial charge on any atom is -0.497 e. The Morgan fingerprint density at radius 3 is 2.19 bits per heavy atom. The lowest BCUT2D eigenvalue weighted by Crippen LogP contribution is -2.47. The third-order valence-corrected chi connectivity index (χ3v) is 5.41. The molecule has 3 rings (SSSR count). The van der Waals surface area contributed by atoms with Crippen molar-refractivity contribution in [2.75, 3.05) is 19.5 Å². The molecule has 0 aliphatic carbocycles. The number of benzene rings is 2. The lowest BCUT2D eigenvalue weighted by molar-refractivity contribution is -0.118. The Labute approximate surface area is 184 Å². The topological polar surface area (TPSA) is 102 Å². The Morgan fingerprint density at radius 1 is 0.968 bits per heavy atom. The Bertz CT molecular complexity index is 1030. The van der Waals surface area contributed by atoms with Crippen LogP contribution in [0.2, 0.25) is 0 Å². The van der Waals surface area contributed by atoms with Crippen molar-refractivity contribution in [2.24, 2.45) is 5.92 Å². The second kappa shape index (κ2) is 10.0. The molecule has 31 heavy (non-hydrogen) atoms. The number of rotatable bonds is 8. The largest absolute Gasteiger partial charge is 0.497 e. The summed E-state index contributed by atoms with van der Waals surface area (Å²) in [4.78, 5) is 25.7. The van der Waals surface area contributed by atoms with Gasteiger partial charge in [-0.3, -0.25) is 14.9 Å². The van der Waals surface area contributed by atoms with Gasteiger partial charge >= 0.3 is 0 Å². The summed E-state index contributed by atoms with van der Waals surface area (Å²) in [6.07, 6.45) is 0. The van der Waals surface area contributed by atoms with Gasteiger partial charge in [-0.25, -0.2) is 0 Å². The van der Waals surface area contributed by atoms with Gasteiger partial charge in [0.15, 0.2) is 0 Å². The fraction of sp³-hybridized carbons (Fsp3) is 0.273. The molecule has 2 N–H and O–H groups in total. The summed E-state index contributed by atoms with van der Waals surface area (Å²) in [5.41, 5.74) is 1.25. The van der Waals surface area contributed by atoms with E-state index in [0.717, 1.165) is 5.56 Å². The molecule has 2 aromatic carbocycles. The summed E-state index contributed by atoms with van der Waals surface area (Å²) in [5.74, 6) is 0.0370. The first-order valence-corrected chi connectivity index (χ1v) is 10.5. The van der Waals surface area contributed by atoms with E-state index < -0.39 is 11.9 Å². The molecule has 2 amide bonds. The molecule has 1 atom stereocenters. The minimum atomic E-state index is -0.770. The molecule has 0 bridgehead atoms. The van der Waals surface area contributed by atoms with Crippen LogP contribution in [0.5, 0.6) is 11.5 Å². The highest BCUT2D eigenvalue weighted by atomic mass is 32.1. The van der Waals surface area contributed by atoms with Gasteiger partial charge in [0.25, 0.3) is 5.91 Å². The average Bonchev–Trinajstić information content (AvgIpc) is 3.25. The molecule has 0 unspecified atom stereocenters. The second-order valence-corrected chi connectivity index (χ2v) is 8.04. The number of methoxy groups -OCH3 is 2. The quantitative estimate of drug-likeness (QED) is 0.555. The second-order valence-electron chi connectivity index (χ2n) is 7.06. The van der Waals surface area contributed by atoms with E-state index in [-0.39, 0.29) is 11.8 Å². The lowest BCUT2D eigenvalue weighted by Gasteiger charge is -2.21. The Balaban J connectivity index is 1.73. The van der Waals surface area contributed by atoms with Crippen LogP contribution in [-0.2, 0) is 4.79 Å². The molecule has 0 aliphatic heterocycles. The van der Waals surface area contributed by atoms with Crippen molar-refractivity contribution in [2.45, 2.75) is 19.9 Å². The molecular formula is C22H24N4O4S. The van der Waals surface area contributed by atoms with Crippen LogP contribution in [0.15, 0.2) is 48.5 Å². The van der Waals surface area contributed by atoms with Crippen molar-refractivity contribution in [3.63, 3.8) is 0 Å². The molecule has 3 aromatic rings. The summed E-state index contributed by atoms with van der Waals surface area (Å²) in [6.45, 7) is 3.71. The van der Waals surface area contributed by atoms with Crippen molar-refractivity contribution < 1.29 is 19.1 Å². The van der Waals surface area contributed by atoms with Crippen LogP contribution < -0.4 is 20.1 Å². The van der Waals surface area contributed by atoms with Gasteiger partial charge in [-0.2, -0.15) is 0 Å². The molecule has 1 aromatic heterocycles. The van der Waals surface area contributed by atoms with Gasteiger partial charge in [0.2, 0.25) is 11.0 Å². The van der Waals surface area contributed by atoms with E-state index in [4.69, 9.17) is 9.47 Å². The molecule has 0 saturated carbocycles. The first-order valence-electron chi connectivity index (χ1n) is 9.65. The summed E-state index contributed by atoms with van der Waals surface area (Å²) in [7, 11) is 3.01. The summed E-state index contributed by atoms with van der Waals surface area (Å²) in [6, 6.07) is 13.7. The molecule has 0 aliphatic rings. The van der Waals surface area contributed by atoms with Gasteiger partial charge in [0, 0.05) is 17.2 Å². The number of nitrogens with zero attached hydrogens (tertiary/aromatic N) is 2. The highest BCUT2D eigenvalue weighted by molar-refractivity contribution is 7.18. The van der Waals surface area contributed by atoms with E-state index >= 15 is 0 Å². The number of anilines is 1. The van der Waals surface area contributed by atoms with E-state index in [2.05, 4.69) is 20.8 Å². The van der Waals surface area contributed by atoms with Crippen molar-refractivity contribution in [1.82, 2.24) is 15.5 Å². The van der Waals surface area contributed by atoms with Crippen LogP contribution in [0.3, 0.4) is 0 Å². The van der Waals surface area contributed by atoms with Crippen LogP contribution in [0.25, 0.3) is 10.6 Å². The fourth-order valence-corrected chi connectivity index (χ4v) is 3.60. The predicted octanol–water partition coefficient (Wildman–Crippen LogP) is 3.62. The molecule has 162 valence electrons. The van der Waals surface area contributed by atoms with Crippen LogP contribution in [-0.4, -0.2) is 42.3 Å². The van der Waals surface area contributed by atoms with Crippen molar-refractivity contribution in [3.05, 3.63) is 54.1 Å². The van der Waals surface area contributed by atoms with E-state index in [0.29, 0.717) is 27.2 Å².